The molecule has 0 saturated carbocycles. The van der Waals surface area contributed by atoms with Crippen molar-refractivity contribution in [1.29, 1.82) is 0 Å². The maximum absolute atomic E-state index is 11.1. The third-order valence-corrected chi connectivity index (χ3v) is 6.54. The Hall–Kier alpha value is -3.39. The number of carboxylic acids is 1. The summed E-state index contributed by atoms with van der Waals surface area (Å²) in [4.78, 5) is 11.1. The van der Waals surface area contributed by atoms with Crippen LogP contribution in [0, 0.1) is 19.8 Å². The largest absolute Gasteiger partial charge is 0.489 e. The minimum absolute atomic E-state index is 0.0188. The lowest BCUT2D eigenvalue weighted by Crippen LogP contribution is -2.29. The fraction of sp³-hybridized carbons (Fsp3) is 0.367. The van der Waals surface area contributed by atoms with E-state index >= 15 is 0 Å². The van der Waals surface area contributed by atoms with Crippen molar-refractivity contribution < 1.29 is 34.0 Å². The summed E-state index contributed by atoms with van der Waals surface area (Å²) >= 11 is 0. The van der Waals surface area contributed by atoms with Gasteiger partial charge < -0.3 is 29.2 Å². The van der Waals surface area contributed by atoms with E-state index in [-0.39, 0.29) is 18.4 Å². The number of rotatable bonds is 8. The molecule has 2 aliphatic heterocycles. The Morgan fingerprint density at radius 1 is 1.08 bits per heavy atom. The molecule has 4 rings (SSSR count). The number of carboxylic acid groups (broad SMARTS) is 1. The van der Waals surface area contributed by atoms with Gasteiger partial charge in [0.25, 0.3) is 0 Å². The molecule has 0 amide bonds. The average molecular weight is 507 g/mol. The first-order valence-electron chi connectivity index (χ1n) is 12.4. The minimum Gasteiger partial charge on any atom is -0.489 e. The van der Waals surface area contributed by atoms with Gasteiger partial charge in [0.15, 0.2) is 0 Å². The van der Waals surface area contributed by atoms with Crippen LogP contribution in [0.5, 0.6) is 5.75 Å². The zero-order chi connectivity index (χ0) is 26.4. The van der Waals surface area contributed by atoms with Crippen LogP contribution in [0.4, 0.5) is 0 Å². The van der Waals surface area contributed by atoms with Crippen molar-refractivity contribution in [2.75, 3.05) is 26.4 Å². The summed E-state index contributed by atoms with van der Waals surface area (Å²) in [5.41, 5.74) is 6.09. The van der Waals surface area contributed by atoms with E-state index in [2.05, 4.69) is 32.6 Å². The van der Waals surface area contributed by atoms with Gasteiger partial charge in [0.05, 0.1) is 32.8 Å². The molecule has 2 aromatic rings. The van der Waals surface area contributed by atoms with Crippen molar-refractivity contribution in [3.63, 3.8) is 0 Å². The highest BCUT2D eigenvalue weighted by molar-refractivity contribution is 5.72. The molecule has 7 nitrogen and oxygen atoms in total. The Kier molecular flexibility index (Phi) is 8.82. The smallest absolute Gasteiger partial charge is 0.304 e. The van der Waals surface area contributed by atoms with E-state index in [1.54, 1.807) is 6.08 Å². The monoisotopic (exact) mass is 506 g/mol. The van der Waals surface area contributed by atoms with E-state index in [0.29, 0.717) is 44.4 Å². The van der Waals surface area contributed by atoms with E-state index in [9.17, 15) is 9.90 Å². The third-order valence-electron chi connectivity index (χ3n) is 6.54. The number of carbonyl (C=O) groups is 1. The molecule has 1 fully saturated rings. The Bertz CT molecular complexity index is 1170. The van der Waals surface area contributed by atoms with Crippen LogP contribution in [-0.4, -0.2) is 54.8 Å². The van der Waals surface area contributed by atoms with Gasteiger partial charge >= 0.3 is 5.97 Å². The fourth-order valence-electron chi connectivity index (χ4n) is 4.60. The fourth-order valence-corrected chi connectivity index (χ4v) is 4.60. The van der Waals surface area contributed by atoms with Crippen molar-refractivity contribution in [1.82, 2.24) is 0 Å². The Morgan fingerprint density at radius 3 is 2.57 bits per heavy atom. The second-order valence-corrected chi connectivity index (χ2v) is 9.53. The van der Waals surface area contributed by atoms with Gasteiger partial charge in [-0.25, -0.2) is 0 Å². The number of aryl methyl sites for hydroxylation is 2. The molecule has 1 saturated heterocycles. The van der Waals surface area contributed by atoms with Crippen LogP contribution in [-0.2, 0) is 25.6 Å². The Morgan fingerprint density at radius 2 is 1.86 bits per heavy atom. The number of hydrogen-bond acceptors (Lipinski definition) is 6. The summed E-state index contributed by atoms with van der Waals surface area (Å²) in [7, 11) is 0. The third kappa shape index (κ3) is 7.10. The summed E-state index contributed by atoms with van der Waals surface area (Å²) in [6, 6.07) is 12.2. The van der Waals surface area contributed by atoms with Crippen LogP contribution in [0.15, 0.2) is 72.5 Å². The SMILES string of the molecule is C=C1/C=C\C(OCc2cccc(-c3c(C)cc(O[C@@H]4COC[C@H]4O)cc3C)c2)=C/COC[C@H]1CC(=O)O. The first-order chi connectivity index (χ1) is 17.8. The van der Waals surface area contributed by atoms with Crippen LogP contribution in [0.2, 0.25) is 0 Å². The molecule has 0 aromatic heterocycles. The number of ether oxygens (including phenoxy) is 4. The number of allylic oxidation sites excluding steroid dienone is 2. The van der Waals surface area contributed by atoms with Gasteiger partial charge in [-0.3, -0.25) is 4.79 Å². The summed E-state index contributed by atoms with van der Waals surface area (Å²) in [5, 5.41) is 19.1. The lowest BCUT2D eigenvalue weighted by molar-refractivity contribution is -0.138. The standard InChI is InChI=1S/C30H34O7/c1-19-7-8-25(9-10-34-16-24(19)14-29(32)33)36-15-22-5-4-6-23(13-22)30-20(2)11-26(12-21(30)3)37-28-18-35-17-27(28)31/h4-9,11-13,24,27-28,31H,1,10,14-18H2,2-3H3,(H,32,33)/b8-7-,25-9+/t24-,27-,28-/m1/s1. The van der Waals surface area contributed by atoms with E-state index in [1.165, 1.54) is 0 Å². The molecule has 2 heterocycles. The zero-order valence-electron chi connectivity index (χ0n) is 21.3. The summed E-state index contributed by atoms with van der Waals surface area (Å²) in [5.74, 6) is 0.232. The minimum atomic E-state index is -0.874. The Balaban J connectivity index is 1.44. The second kappa shape index (κ2) is 12.2. The Labute approximate surface area is 217 Å². The van der Waals surface area contributed by atoms with Gasteiger partial charge in [-0.2, -0.15) is 0 Å². The molecule has 0 spiro atoms. The molecular formula is C30H34O7. The quantitative estimate of drug-likeness (QED) is 0.534. The highest BCUT2D eigenvalue weighted by Gasteiger charge is 2.28. The van der Waals surface area contributed by atoms with Gasteiger partial charge in [-0.05, 0) is 77.6 Å². The van der Waals surface area contributed by atoms with Gasteiger partial charge in [0, 0.05) is 5.92 Å². The topological polar surface area (TPSA) is 94.5 Å². The van der Waals surface area contributed by atoms with Crippen molar-refractivity contribution in [3.8, 4) is 16.9 Å². The molecule has 2 aromatic carbocycles. The summed E-state index contributed by atoms with van der Waals surface area (Å²) < 4.78 is 23.0. The molecule has 0 bridgehead atoms. The first-order valence-corrected chi connectivity index (χ1v) is 12.4. The average Bonchev–Trinajstić information content (AvgIpc) is 3.27. The first kappa shape index (κ1) is 26.7. The molecule has 37 heavy (non-hydrogen) atoms. The van der Waals surface area contributed by atoms with Crippen LogP contribution >= 0.6 is 0 Å². The molecule has 0 radical (unpaired) electrons. The van der Waals surface area contributed by atoms with Gasteiger partial charge in [-0.15, -0.1) is 0 Å². The molecule has 2 N–H and O–H groups in total. The van der Waals surface area contributed by atoms with E-state index in [1.807, 2.05) is 36.4 Å². The summed E-state index contributed by atoms with van der Waals surface area (Å²) in [6.45, 7) is 9.80. The summed E-state index contributed by atoms with van der Waals surface area (Å²) in [6.07, 6.45) is 4.48. The maximum Gasteiger partial charge on any atom is 0.304 e. The van der Waals surface area contributed by atoms with Crippen LogP contribution < -0.4 is 4.74 Å². The molecular weight excluding hydrogens is 472 g/mol. The number of benzene rings is 2. The molecule has 2 aliphatic rings. The van der Waals surface area contributed by atoms with Crippen molar-refractivity contribution in [2.24, 2.45) is 5.92 Å². The highest BCUT2D eigenvalue weighted by Crippen LogP contribution is 2.32. The van der Waals surface area contributed by atoms with Gasteiger partial charge in [-0.1, -0.05) is 30.9 Å². The van der Waals surface area contributed by atoms with Crippen LogP contribution in [0.1, 0.15) is 23.1 Å². The molecule has 7 heteroatoms. The van der Waals surface area contributed by atoms with Crippen molar-refractivity contribution in [3.05, 3.63) is 89.2 Å². The normalized spacial score (nSPS) is 24.4. The number of hydrogen-bond donors (Lipinski definition) is 2. The number of aliphatic carboxylic acids is 1. The van der Waals surface area contributed by atoms with Crippen molar-refractivity contribution in [2.45, 2.75) is 39.1 Å². The highest BCUT2D eigenvalue weighted by atomic mass is 16.6. The van der Waals surface area contributed by atoms with E-state index in [0.717, 1.165) is 33.6 Å². The second-order valence-electron chi connectivity index (χ2n) is 9.53. The molecule has 0 unspecified atom stereocenters. The van der Waals surface area contributed by atoms with E-state index < -0.39 is 12.1 Å². The lowest BCUT2D eigenvalue weighted by Gasteiger charge is -2.19. The van der Waals surface area contributed by atoms with E-state index in [4.69, 9.17) is 24.1 Å². The van der Waals surface area contributed by atoms with Crippen molar-refractivity contribution >= 4 is 5.97 Å². The van der Waals surface area contributed by atoms with Crippen LogP contribution in [0.25, 0.3) is 11.1 Å². The number of aliphatic hydroxyl groups is 1. The zero-order valence-corrected chi connectivity index (χ0v) is 21.3. The van der Waals surface area contributed by atoms with Crippen LogP contribution in [0.3, 0.4) is 0 Å². The number of aliphatic hydroxyl groups excluding tert-OH is 1. The lowest BCUT2D eigenvalue weighted by atomic mass is 9.94. The molecule has 196 valence electrons. The maximum atomic E-state index is 11.1. The van der Waals surface area contributed by atoms with Gasteiger partial charge in [0.1, 0.15) is 30.3 Å². The molecule has 0 aliphatic carbocycles. The predicted molar refractivity (Wildman–Crippen MR) is 140 cm³/mol. The molecule has 3 atom stereocenters. The van der Waals surface area contributed by atoms with Gasteiger partial charge in [0.2, 0.25) is 0 Å². The predicted octanol–water partition coefficient (Wildman–Crippen LogP) is 4.74.